The highest BCUT2D eigenvalue weighted by Gasteiger charge is 2.18. The van der Waals surface area contributed by atoms with E-state index in [4.69, 9.17) is 0 Å². The average molecular weight is 442 g/mol. The fourth-order valence-electron chi connectivity index (χ4n) is 4.08. The molecule has 0 fully saturated rings. The summed E-state index contributed by atoms with van der Waals surface area (Å²) in [5, 5.41) is 3.62. The molecule has 0 bridgehead atoms. The van der Waals surface area contributed by atoms with Crippen molar-refractivity contribution in [2.24, 2.45) is 7.05 Å². The molecule has 166 valence electrons. The summed E-state index contributed by atoms with van der Waals surface area (Å²) in [6.45, 7) is 6.04. The van der Waals surface area contributed by atoms with Crippen LogP contribution in [0, 0.1) is 26.6 Å². The van der Waals surface area contributed by atoms with Gasteiger partial charge in [-0.3, -0.25) is 14.8 Å². The quantitative estimate of drug-likeness (QED) is 0.438. The standard InChI is InChI=1S/C25H23FN6O/c1-14-12-27-15(2)21(28-14)13-32-22-7-5-18(26)9-17(22)10-24(32)25(33)30-19-6-8-23-20(11-19)29-16(3)31(23)4/h5-12H,13H2,1-4H3,(H,30,33). The van der Waals surface area contributed by atoms with Gasteiger partial charge in [0.05, 0.1) is 34.7 Å². The van der Waals surface area contributed by atoms with Crippen LogP contribution < -0.4 is 5.32 Å². The lowest BCUT2D eigenvalue weighted by Gasteiger charge is -2.13. The Kier molecular flexibility index (Phi) is 4.92. The van der Waals surface area contributed by atoms with Crippen LogP contribution in [0.1, 0.15) is 33.4 Å². The van der Waals surface area contributed by atoms with Crippen molar-refractivity contribution in [1.82, 2.24) is 24.1 Å². The smallest absolute Gasteiger partial charge is 0.272 e. The molecule has 1 amide bonds. The third-order valence-corrected chi connectivity index (χ3v) is 5.94. The Balaban J connectivity index is 1.56. The highest BCUT2D eigenvalue weighted by molar-refractivity contribution is 6.07. The first-order valence-electron chi connectivity index (χ1n) is 10.6. The number of benzene rings is 2. The molecule has 0 radical (unpaired) electrons. The molecule has 0 aliphatic rings. The summed E-state index contributed by atoms with van der Waals surface area (Å²) in [4.78, 5) is 26.9. The second-order valence-electron chi connectivity index (χ2n) is 8.24. The summed E-state index contributed by atoms with van der Waals surface area (Å²) in [5.41, 5.74) is 5.94. The Labute approximate surface area is 189 Å². The van der Waals surface area contributed by atoms with E-state index in [1.807, 2.05) is 55.2 Å². The van der Waals surface area contributed by atoms with E-state index in [2.05, 4.69) is 20.3 Å². The Morgan fingerprint density at radius 3 is 2.64 bits per heavy atom. The first-order valence-corrected chi connectivity index (χ1v) is 10.6. The molecule has 3 heterocycles. The first-order chi connectivity index (χ1) is 15.8. The van der Waals surface area contributed by atoms with Crippen LogP contribution in [0.3, 0.4) is 0 Å². The Bertz CT molecular complexity index is 1550. The molecule has 33 heavy (non-hydrogen) atoms. The van der Waals surface area contributed by atoms with Gasteiger partial charge in [-0.1, -0.05) is 0 Å². The van der Waals surface area contributed by atoms with Crippen LogP contribution in [0.25, 0.3) is 21.9 Å². The SMILES string of the molecule is Cc1cnc(C)c(Cn2c(C(=O)Nc3ccc4c(c3)nc(C)n4C)cc3cc(F)ccc32)n1. The van der Waals surface area contributed by atoms with Crippen LogP contribution in [0.2, 0.25) is 0 Å². The summed E-state index contributed by atoms with van der Waals surface area (Å²) in [5.74, 6) is 0.247. The molecule has 0 atom stereocenters. The number of imidazole rings is 1. The molecule has 0 aliphatic carbocycles. The van der Waals surface area contributed by atoms with Gasteiger partial charge in [-0.25, -0.2) is 9.37 Å². The van der Waals surface area contributed by atoms with E-state index in [1.54, 1.807) is 18.3 Å². The van der Waals surface area contributed by atoms with Gasteiger partial charge < -0.3 is 14.5 Å². The topological polar surface area (TPSA) is 77.6 Å². The van der Waals surface area contributed by atoms with Gasteiger partial charge in [0.15, 0.2) is 0 Å². The molecule has 3 aromatic heterocycles. The van der Waals surface area contributed by atoms with Crippen molar-refractivity contribution in [3.63, 3.8) is 0 Å². The number of amides is 1. The van der Waals surface area contributed by atoms with Crippen molar-refractivity contribution < 1.29 is 9.18 Å². The number of carbonyl (C=O) groups excluding carboxylic acids is 1. The number of fused-ring (bicyclic) bond motifs is 2. The van der Waals surface area contributed by atoms with E-state index in [0.29, 0.717) is 23.3 Å². The highest BCUT2D eigenvalue weighted by Crippen LogP contribution is 2.25. The molecular formula is C25H23FN6O. The Morgan fingerprint density at radius 1 is 1.03 bits per heavy atom. The van der Waals surface area contributed by atoms with E-state index >= 15 is 0 Å². The van der Waals surface area contributed by atoms with Crippen molar-refractivity contribution in [3.05, 3.63) is 83.1 Å². The van der Waals surface area contributed by atoms with Gasteiger partial charge in [-0.2, -0.15) is 0 Å². The zero-order valence-electron chi connectivity index (χ0n) is 18.8. The normalized spacial score (nSPS) is 11.4. The van der Waals surface area contributed by atoms with Crippen molar-refractivity contribution in [2.45, 2.75) is 27.3 Å². The summed E-state index contributed by atoms with van der Waals surface area (Å²) < 4.78 is 17.8. The fraction of sp³-hybridized carbons (Fsp3) is 0.200. The molecule has 0 saturated heterocycles. The van der Waals surface area contributed by atoms with Crippen LogP contribution in [-0.2, 0) is 13.6 Å². The molecule has 0 saturated carbocycles. The molecule has 0 unspecified atom stereocenters. The van der Waals surface area contributed by atoms with Gasteiger partial charge in [0.25, 0.3) is 5.91 Å². The molecule has 8 heteroatoms. The van der Waals surface area contributed by atoms with Gasteiger partial charge in [0, 0.05) is 29.8 Å². The van der Waals surface area contributed by atoms with Crippen LogP contribution in [0.4, 0.5) is 10.1 Å². The first kappa shape index (κ1) is 20.8. The highest BCUT2D eigenvalue weighted by atomic mass is 19.1. The van der Waals surface area contributed by atoms with Gasteiger partial charge in [-0.05, 0) is 63.2 Å². The minimum Gasteiger partial charge on any atom is -0.331 e. The summed E-state index contributed by atoms with van der Waals surface area (Å²) in [6.07, 6.45) is 1.71. The minimum absolute atomic E-state index is 0.295. The molecular weight excluding hydrogens is 419 g/mol. The second kappa shape index (κ2) is 7.81. The summed E-state index contributed by atoms with van der Waals surface area (Å²) in [6, 6.07) is 11.8. The van der Waals surface area contributed by atoms with Crippen molar-refractivity contribution in [3.8, 4) is 0 Å². The number of carbonyl (C=O) groups is 1. The molecule has 5 rings (SSSR count). The van der Waals surface area contributed by atoms with E-state index < -0.39 is 0 Å². The summed E-state index contributed by atoms with van der Waals surface area (Å²) in [7, 11) is 1.96. The number of aromatic nitrogens is 5. The Morgan fingerprint density at radius 2 is 1.82 bits per heavy atom. The van der Waals surface area contributed by atoms with Crippen LogP contribution in [0.5, 0.6) is 0 Å². The van der Waals surface area contributed by atoms with E-state index in [-0.39, 0.29) is 11.7 Å². The number of hydrogen-bond donors (Lipinski definition) is 1. The largest absolute Gasteiger partial charge is 0.331 e. The number of nitrogens with one attached hydrogen (secondary N) is 1. The van der Waals surface area contributed by atoms with Gasteiger partial charge >= 0.3 is 0 Å². The number of anilines is 1. The maximum absolute atomic E-state index is 13.9. The zero-order chi connectivity index (χ0) is 23.3. The number of halogens is 1. The average Bonchev–Trinajstić information content (AvgIpc) is 3.27. The molecule has 0 spiro atoms. The lowest BCUT2D eigenvalue weighted by atomic mass is 10.2. The second-order valence-corrected chi connectivity index (χ2v) is 8.24. The Hall–Kier alpha value is -4.07. The fourth-order valence-corrected chi connectivity index (χ4v) is 4.08. The van der Waals surface area contributed by atoms with E-state index in [1.165, 1.54) is 12.1 Å². The molecule has 1 N–H and O–H groups in total. The predicted molar refractivity (Wildman–Crippen MR) is 126 cm³/mol. The maximum Gasteiger partial charge on any atom is 0.272 e. The third kappa shape index (κ3) is 3.73. The van der Waals surface area contributed by atoms with Crippen molar-refractivity contribution >= 4 is 33.5 Å². The molecule has 0 aliphatic heterocycles. The number of nitrogens with zero attached hydrogens (tertiary/aromatic N) is 5. The summed E-state index contributed by atoms with van der Waals surface area (Å²) >= 11 is 0. The monoisotopic (exact) mass is 442 g/mol. The molecule has 5 aromatic rings. The minimum atomic E-state index is -0.353. The number of rotatable bonds is 4. The molecule has 2 aromatic carbocycles. The van der Waals surface area contributed by atoms with Gasteiger partial charge in [0.2, 0.25) is 0 Å². The lowest BCUT2D eigenvalue weighted by molar-refractivity contribution is 0.101. The van der Waals surface area contributed by atoms with Crippen LogP contribution in [0.15, 0.2) is 48.7 Å². The van der Waals surface area contributed by atoms with Crippen molar-refractivity contribution in [1.29, 1.82) is 0 Å². The van der Waals surface area contributed by atoms with E-state index in [9.17, 15) is 9.18 Å². The van der Waals surface area contributed by atoms with Crippen molar-refractivity contribution in [2.75, 3.05) is 5.32 Å². The van der Waals surface area contributed by atoms with Crippen LogP contribution >= 0.6 is 0 Å². The number of hydrogen-bond acceptors (Lipinski definition) is 4. The predicted octanol–water partition coefficient (Wildman–Crippen LogP) is 4.68. The number of aryl methyl sites for hydroxylation is 4. The zero-order valence-corrected chi connectivity index (χ0v) is 18.8. The molecule has 7 nitrogen and oxygen atoms in total. The lowest BCUT2D eigenvalue weighted by Crippen LogP contribution is -2.18. The van der Waals surface area contributed by atoms with Gasteiger partial charge in [0.1, 0.15) is 17.3 Å². The third-order valence-electron chi connectivity index (χ3n) is 5.94. The van der Waals surface area contributed by atoms with E-state index in [0.717, 1.165) is 39.5 Å². The maximum atomic E-state index is 13.9. The van der Waals surface area contributed by atoms with Gasteiger partial charge in [-0.15, -0.1) is 0 Å². The van der Waals surface area contributed by atoms with Crippen LogP contribution in [-0.4, -0.2) is 30.0 Å².